The number of carboxylic acids is 1. The Morgan fingerprint density at radius 1 is 1.29 bits per heavy atom. The van der Waals surface area contributed by atoms with Crippen LogP contribution >= 0.6 is 23.4 Å². The molecule has 21 heavy (non-hydrogen) atoms. The topological polar surface area (TPSA) is 109 Å². The quantitative estimate of drug-likeness (QED) is 0.647. The molecule has 0 aliphatic carbocycles. The van der Waals surface area contributed by atoms with Crippen molar-refractivity contribution in [3.63, 3.8) is 0 Å². The minimum Gasteiger partial charge on any atom is -0.480 e. The van der Waals surface area contributed by atoms with Crippen LogP contribution in [0, 0.1) is 0 Å². The Balaban J connectivity index is 2.29. The summed E-state index contributed by atoms with van der Waals surface area (Å²) in [6, 6.07) is 5.22. The SMILES string of the molecule is NC(CCSCC(=O)NC(=O)c1ccc(Cl)cc1)C(=O)O. The molecule has 114 valence electrons. The first-order valence-corrected chi connectivity index (χ1v) is 7.59. The highest BCUT2D eigenvalue weighted by atomic mass is 35.5. The molecule has 1 aromatic carbocycles. The average Bonchev–Trinajstić information content (AvgIpc) is 2.43. The molecule has 1 atom stereocenters. The predicted molar refractivity (Wildman–Crippen MR) is 81.5 cm³/mol. The average molecular weight is 331 g/mol. The van der Waals surface area contributed by atoms with Crippen molar-refractivity contribution in [2.75, 3.05) is 11.5 Å². The van der Waals surface area contributed by atoms with E-state index in [0.717, 1.165) is 0 Å². The third kappa shape index (κ3) is 6.61. The van der Waals surface area contributed by atoms with Crippen molar-refractivity contribution in [1.82, 2.24) is 5.32 Å². The maximum absolute atomic E-state index is 11.7. The van der Waals surface area contributed by atoms with Gasteiger partial charge in [-0.05, 0) is 36.4 Å². The summed E-state index contributed by atoms with van der Waals surface area (Å²) in [5.41, 5.74) is 5.66. The second-order valence-electron chi connectivity index (χ2n) is 4.17. The van der Waals surface area contributed by atoms with Crippen molar-refractivity contribution in [1.29, 1.82) is 0 Å². The van der Waals surface area contributed by atoms with E-state index in [1.165, 1.54) is 23.9 Å². The van der Waals surface area contributed by atoms with E-state index in [9.17, 15) is 14.4 Å². The van der Waals surface area contributed by atoms with Gasteiger partial charge in [-0.3, -0.25) is 19.7 Å². The van der Waals surface area contributed by atoms with E-state index in [1.807, 2.05) is 0 Å². The second kappa shape index (κ2) is 8.66. The monoisotopic (exact) mass is 330 g/mol. The van der Waals surface area contributed by atoms with Crippen molar-refractivity contribution in [2.24, 2.45) is 5.73 Å². The number of thioether (sulfide) groups is 1. The van der Waals surface area contributed by atoms with E-state index in [4.69, 9.17) is 22.4 Å². The van der Waals surface area contributed by atoms with Crippen LogP contribution in [0.15, 0.2) is 24.3 Å². The second-order valence-corrected chi connectivity index (χ2v) is 5.71. The summed E-state index contributed by atoms with van der Waals surface area (Å²) >= 11 is 6.92. The van der Waals surface area contributed by atoms with Gasteiger partial charge in [-0.15, -0.1) is 0 Å². The van der Waals surface area contributed by atoms with Gasteiger partial charge in [-0.2, -0.15) is 11.8 Å². The molecule has 0 saturated heterocycles. The largest absolute Gasteiger partial charge is 0.480 e. The first-order chi connectivity index (χ1) is 9.90. The van der Waals surface area contributed by atoms with Crippen molar-refractivity contribution < 1.29 is 19.5 Å². The highest BCUT2D eigenvalue weighted by Gasteiger charge is 2.13. The van der Waals surface area contributed by atoms with Crippen LogP contribution in [0.2, 0.25) is 5.02 Å². The summed E-state index contributed by atoms with van der Waals surface area (Å²) in [6.07, 6.45) is 0.262. The van der Waals surface area contributed by atoms with Crippen molar-refractivity contribution in [3.8, 4) is 0 Å². The number of nitrogens with two attached hydrogens (primary N) is 1. The predicted octanol–water partition coefficient (Wildman–Crippen LogP) is 1.13. The molecule has 0 aliphatic rings. The number of imide groups is 1. The van der Waals surface area contributed by atoms with Gasteiger partial charge in [0.15, 0.2) is 0 Å². The molecule has 6 nitrogen and oxygen atoms in total. The molecule has 1 unspecified atom stereocenters. The number of carbonyl (C=O) groups is 3. The van der Waals surface area contributed by atoms with Gasteiger partial charge in [-0.1, -0.05) is 11.6 Å². The van der Waals surface area contributed by atoms with Gasteiger partial charge in [0.05, 0.1) is 5.75 Å². The molecule has 0 saturated carbocycles. The van der Waals surface area contributed by atoms with Crippen molar-refractivity contribution in [2.45, 2.75) is 12.5 Å². The Morgan fingerprint density at radius 2 is 1.90 bits per heavy atom. The molecular weight excluding hydrogens is 316 g/mol. The van der Waals surface area contributed by atoms with E-state index in [0.29, 0.717) is 16.3 Å². The van der Waals surface area contributed by atoms with Gasteiger partial charge < -0.3 is 10.8 Å². The lowest BCUT2D eigenvalue weighted by atomic mass is 10.2. The Morgan fingerprint density at radius 3 is 2.48 bits per heavy atom. The number of hydrogen-bond acceptors (Lipinski definition) is 5. The third-order valence-electron chi connectivity index (χ3n) is 2.48. The molecule has 2 amide bonds. The summed E-state index contributed by atoms with van der Waals surface area (Å²) in [5.74, 6) is -1.52. The Hall–Kier alpha value is -1.57. The van der Waals surface area contributed by atoms with Gasteiger partial charge >= 0.3 is 5.97 Å². The molecule has 0 radical (unpaired) electrons. The van der Waals surface area contributed by atoms with Crippen LogP contribution in [0.1, 0.15) is 16.8 Å². The number of hydrogen-bond donors (Lipinski definition) is 3. The van der Waals surface area contributed by atoms with Gasteiger partial charge in [0.2, 0.25) is 5.91 Å². The zero-order valence-corrected chi connectivity index (χ0v) is 12.6. The van der Waals surface area contributed by atoms with E-state index >= 15 is 0 Å². The number of benzene rings is 1. The lowest BCUT2D eigenvalue weighted by Crippen LogP contribution is -2.32. The molecule has 0 heterocycles. The first-order valence-electron chi connectivity index (χ1n) is 6.06. The van der Waals surface area contributed by atoms with Crippen LogP contribution < -0.4 is 11.1 Å². The van der Waals surface area contributed by atoms with E-state index < -0.39 is 23.8 Å². The number of amides is 2. The third-order valence-corrected chi connectivity index (χ3v) is 3.73. The summed E-state index contributed by atoms with van der Waals surface area (Å²) in [4.78, 5) is 33.7. The minimum atomic E-state index is -1.07. The Labute approximate surface area is 131 Å². The van der Waals surface area contributed by atoms with Crippen LogP contribution in [0.4, 0.5) is 0 Å². The van der Waals surface area contributed by atoms with Gasteiger partial charge in [0.25, 0.3) is 5.91 Å². The number of carbonyl (C=O) groups excluding carboxylic acids is 2. The number of rotatable bonds is 7. The first kappa shape index (κ1) is 17.5. The van der Waals surface area contributed by atoms with Crippen LogP contribution in [-0.4, -0.2) is 40.4 Å². The lowest BCUT2D eigenvalue weighted by Gasteiger charge is -2.06. The fraction of sp³-hybridized carbons (Fsp3) is 0.308. The molecular formula is C13H15ClN2O4S. The Kier molecular flexibility index (Phi) is 7.21. The number of carboxylic acid groups (broad SMARTS) is 1. The summed E-state index contributed by atoms with van der Waals surface area (Å²) < 4.78 is 0. The zero-order valence-electron chi connectivity index (χ0n) is 11.0. The summed E-state index contributed by atoms with van der Waals surface area (Å²) in [6.45, 7) is 0. The smallest absolute Gasteiger partial charge is 0.320 e. The maximum Gasteiger partial charge on any atom is 0.320 e. The van der Waals surface area contributed by atoms with Crippen LogP contribution in [0.3, 0.4) is 0 Å². The number of halogens is 1. The van der Waals surface area contributed by atoms with Crippen molar-refractivity contribution in [3.05, 3.63) is 34.9 Å². The number of nitrogens with one attached hydrogen (secondary N) is 1. The fourth-order valence-electron chi connectivity index (χ4n) is 1.33. The fourth-order valence-corrected chi connectivity index (χ4v) is 2.28. The molecule has 1 aromatic rings. The molecule has 0 aliphatic heterocycles. The molecule has 0 fully saturated rings. The van der Waals surface area contributed by atoms with Crippen molar-refractivity contribution >= 4 is 41.1 Å². The number of aliphatic carboxylic acids is 1. The standard InChI is InChI=1S/C13H15ClN2O4S/c14-9-3-1-8(2-4-9)12(18)16-11(17)7-21-6-5-10(15)13(19)20/h1-4,10H,5-7,15H2,(H,19,20)(H,16,17,18). The van der Waals surface area contributed by atoms with Gasteiger partial charge in [-0.25, -0.2) is 0 Å². The summed E-state index contributed by atoms with van der Waals surface area (Å²) in [7, 11) is 0. The molecule has 8 heteroatoms. The zero-order chi connectivity index (χ0) is 15.8. The molecule has 4 N–H and O–H groups in total. The minimum absolute atomic E-state index is 0.0612. The highest BCUT2D eigenvalue weighted by Crippen LogP contribution is 2.09. The highest BCUT2D eigenvalue weighted by molar-refractivity contribution is 7.99. The molecule has 1 rings (SSSR count). The Bertz CT molecular complexity index is 521. The normalized spacial score (nSPS) is 11.7. The van der Waals surface area contributed by atoms with E-state index in [-0.39, 0.29) is 12.2 Å². The van der Waals surface area contributed by atoms with E-state index in [2.05, 4.69) is 5.32 Å². The molecule has 0 spiro atoms. The molecule has 0 bridgehead atoms. The van der Waals surface area contributed by atoms with Crippen LogP contribution in [-0.2, 0) is 9.59 Å². The van der Waals surface area contributed by atoms with Crippen LogP contribution in [0.5, 0.6) is 0 Å². The van der Waals surface area contributed by atoms with Gasteiger partial charge in [0, 0.05) is 10.6 Å². The summed E-state index contributed by atoms with van der Waals surface area (Å²) in [5, 5.41) is 11.3. The lowest BCUT2D eigenvalue weighted by molar-refractivity contribution is -0.138. The molecule has 0 aromatic heterocycles. The van der Waals surface area contributed by atoms with E-state index in [1.54, 1.807) is 12.1 Å². The maximum atomic E-state index is 11.7. The van der Waals surface area contributed by atoms with Gasteiger partial charge in [0.1, 0.15) is 6.04 Å². The van der Waals surface area contributed by atoms with Crippen LogP contribution in [0.25, 0.3) is 0 Å².